The molecule has 0 saturated heterocycles. The summed E-state index contributed by atoms with van der Waals surface area (Å²) >= 11 is 12.1. The zero-order chi connectivity index (χ0) is 14.5. The molecule has 0 atom stereocenters. The van der Waals surface area contributed by atoms with Gasteiger partial charge in [0, 0.05) is 23.2 Å². The molecule has 20 heavy (non-hydrogen) atoms. The minimum absolute atomic E-state index is 0.174. The van der Waals surface area contributed by atoms with Gasteiger partial charge in [-0.25, -0.2) is 0 Å². The highest BCUT2D eigenvalue weighted by Crippen LogP contribution is 2.33. The second kappa shape index (κ2) is 7.53. The Kier molecular flexibility index (Phi) is 6.01. The van der Waals surface area contributed by atoms with E-state index in [0.717, 1.165) is 25.1 Å². The fraction of sp³-hybridized carbons (Fsp3) is 0.625. The zero-order valence-corrected chi connectivity index (χ0v) is 13.6. The Hall–Kier alpha value is -0.440. The minimum atomic E-state index is 0.174. The van der Waals surface area contributed by atoms with Crippen LogP contribution in [0.1, 0.15) is 51.0 Å². The lowest BCUT2D eigenvalue weighted by Gasteiger charge is -2.34. The summed E-state index contributed by atoms with van der Waals surface area (Å²) in [5, 5.41) is 11.0. The highest BCUT2D eigenvalue weighted by atomic mass is 35.5. The molecule has 1 aliphatic carbocycles. The summed E-state index contributed by atoms with van der Waals surface area (Å²) in [5.74, 6) is 0.174. The van der Waals surface area contributed by atoms with Gasteiger partial charge in [0.05, 0.1) is 5.02 Å². The van der Waals surface area contributed by atoms with E-state index in [1.807, 2.05) is 6.07 Å². The molecule has 0 aromatic heterocycles. The van der Waals surface area contributed by atoms with E-state index in [-0.39, 0.29) is 5.75 Å². The highest BCUT2D eigenvalue weighted by molar-refractivity contribution is 6.35. The number of halogens is 2. The molecule has 4 heteroatoms. The van der Waals surface area contributed by atoms with Gasteiger partial charge >= 0.3 is 0 Å². The van der Waals surface area contributed by atoms with E-state index in [9.17, 15) is 5.11 Å². The summed E-state index contributed by atoms with van der Waals surface area (Å²) in [4.78, 5) is 2.47. The van der Waals surface area contributed by atoms with E-state index in [1.54, 1.807) is 6.07 Å². The number of benzene rings is 1. The maximum absolute atomic E-state index is 10.1. The van der Waals surface area contributed by atoms with Gasteiger partial charge < -0.3 is 5.11 Å². The van der Waals surface area contributed by atoms with Crippen molar-refractivity contribution >= 4 is 23.2 Å². The smallest absolute Gasteiger partial charge is 0.138 e. The van der Waals surface area contributed by atoms with Crippen molar-refractivity contribution in [3.63, 3.8) is 0 Å². The lowest BCUT2D eigenvalue weighted by molar-refractivity contribution is 0.147. The molecule has 0 heterocycles. The standard InChI is InChI=1S/C16H23Cl2NO/c1-2-8-19(14-6-4-3-5-7-14)11-12-9-13(17)10-15(18)16(12)20/h9-10,14,20H,2-8,11H2,1H3. The van der Waals surface area contributed by atoms with Gasteiger partial charge in [-0.1, -0.05) is 49.4 Å². The Morgan fingerprint density at radius 1 is 1.20 bits per heavy atom. The Bertz CT molecular complexity index is 444. The summed E-state index contributed by atoms with van der Waals surface area (Å²) < 4.78 is 0. The molecule has 1 aliphatic rings. The van der Waals surface area contributed by atoms with E-state index in [1.165, 1.54) is 32.1 Å². The van der Waals surface area contributed by atoms with Crippen LogP contribution >= 0.6 is 23.2 Å². The molecule has 0 amide bonds. The quantitative estimate of drug-likeness (QED) is 0.802. The average molecular weight is 316 g/mol. The molecule has 0 spiro atoms. The molecule has 0 unspecified atom stereocenters. The normalized spacial score (nSPS) is 16.8. The molecule has 112 valence electrons. The molecule has 1 aromatic rings. The van der Waals surface area contributed by atoms with Gasteiger partial charge in [0.25, 0.3) is 0 Å². The van der Waals surface area contributed by atoms with Crippen molar-refractivity contribution in [1.82, 2.24) is 4.90 Å². The molecular formula is C16H23Cl2NO. The fourth-order valence-corrected chi connectivity index (χ4v) is 3.62. The van der Waals surface area contributed by atoms with Crippen LogP contribution in [0.25, 0.3) is 0 Å². The van der Waals surface area contributed by atoms with Crippen molar-refractivity contribution in [2.75, 3.05) is 6.54 Å². The molecule has 1 saturated carbocycles. The third-order valence-electron chi connectivity index (χ3n) is 4.08. The van der Waals surface area contributed by atoms with Crippen LogP contribution in [0.3, 0.4) is 0 Å². The van der Waals surface area contributed by atoms with Gasteiger partial charge in [0.2, 0.25) is 0 Å². The monoisotopic (exact) mass is 315 g/mol. The summed E-state index contributed by atoms with van der Waals surface area (Å²) in [6.07, 6.45) is 7.61. The van der Waals surface area contributed by atoms with Gasteiger partial charge in [-0.05, 0) is 37.9 Å². The number of nitrogens with zero attached hydrogens (tertiary/aromatic N) is 1. The Morgan fingerprint density at radius 3 is 2.55 bits per heavy atom. The Balaban J connectivity index is 2.14. The van der Waals surface area contributed by atoms with E-state index < -0.39 is 0 Å². The van der Waals surface area contributed by atoms with Gasteiger partial charge in [-0.3, -0.25) is 4.90 Å². The van der Waals surface area contributed by atoms with Crippen molar-refractivity contribution in [1.29, 1.82) is 0 Å². The second-order valence-corrected chi connectivity index (χ2v) is 6.50. The summed E-state index contributed by atoms with van der Waals surface area (Å²) in [6.45, 7) is 3.97. The van der Waals surface area contributed by atoms with Crippen LogP contribution in [0.5, 0.6) is 5.75 Å². The van der Waals surface area contributed by atoms with Crippen molar-refractivity contribution in [2.45, 2.75) is 58.0 Å². The lowest BCUT2D eigenvalue weighted by atomic mass is 9.93. The van der Waals surface area contributed by atoms with Crippen LogP contribution in [-0.2, 0) is 6.54 Å². The summed E-state index contributed by atoms with van der Waals surface area (Å²) in [5.41, 5.74) is 0.835. The predicted molar refractivity (Wildman–Crippen MR) is 85.7 cm³/mol. The minimum Gasteiger partial charge on any atom is -0.506 e. The fourth-order valence-electron chi connectivity index (χ4n) is 3.08. The van der Waals surface area contributed by atoms with Gasteiger partial charge in [0.1, 0.15) is 5.75 Å². The van der Waals surface area contributed by atoms with Crippen LogP contribution in [0.2, 0.25) is 10.0 Å². The van der Waals surface area contributed by atoms with E-state index >= 15 is 0 Å². The van der Waals surface area contributed by atoms with Crippen LogP contribution in [0.15, 0.2) is 12.1 Å². The third-order valence-corrected chi connectivity index (χ3v) is 4.59. The number of hydrogen-bond donors (Lipinski definition) is 1. The molecule has 0 radical (unpaired) electrons. The van der Waals surface area contributed by atoms with Crippen molar-refractivity contribution in [3.05, 3.63) is 27.7 Å². The molecular weight excluding hydrogens is 293 g/mol. The number of phenols is 1. The topological polar surface area (TPSA) is 23.5 Å². The molecule has 1 aromatic carbocycles. The third kappa shape index (κ3) is 4.03. The first-order chi connectivity index (χ1) is 9.61. The number of phenolic OH excluding ortho intramolecular Hbond substituents is 1. The number of rotatable bonds is 5. The number of hydrogen-bond acceptors (Lipinski definition) is 2. The maximum Gasteiger partial charge on any atom is 0.138 e. The van der Waals surface area contributed by atoms with Gasteiger partial charge in [-0.2, -0.15) is 0 Å². The first kappa shape index (κ1) is 15.9. The van der Waals surface area contributed by atoms with Crippen LogP contribution in [0.4, 0.5) is 0 Å². The van der Waals surface area contributed by atoms with Gasteiger partial charge in [0.15, 0.2) is 0 Å². The van der Waals surface area contributed by atoms with E-state index in [0.29, 0.717) is 16.1 Å². The zero-order valence-electron chi connectivity index (χ0n) is 12.0. The molecule has 0 bridgehead atoms. The van der Waals surface area contributed by atoms with Crippen molar-refractivity contribution < 1.29 is 5.11 Å². The molecule has 0 aliphatic heterocycles. The first-order valence-electron chi connectivity index (χ1n) is 7.52. The molecule has 2 nitrogen and oxygen atoms in total. The van der Waals surface area contributed by atoms with Crippen LogP contribution in [-0.4, -0.2) is 22.6 Å². The second-order valence-electron chi connectivity index (χ2n) is 5.66. The van der Waals surface area contributed by atoms with E-state index in [4.69, 9.17) is 23.2 Å². The first-order valence-corrected chi connectivity index (χ1v) is 8.28. The van der Waals surface area contributed by atoms with E-state index in [2.05, 4.69) is 11.8 Å². The molecule has 1 fully saturated rings. The van der Waals surface area contributed by atoms with Gasteiger partial charge in [-0.15, -0.1) is 0 Å². The average Bonchev–Trinajstić information content (AvgIpc) is 2.44. The summed E-state index contributed by atoms with van der Waals surface area (Å²) in [6, 6.07) is 4.04. The molecule has 1 N–H and O–H groups in total. The van der Waals surface area contributed by atoms with Crippen molar-refractivity contribution in [3.8, 4) is 5.75 Å². The summed E-state index contributed by atoms with van der Waals surface area (Å²) in [7, 11) is 0. The molecule has 2 rings (SSSR count). The largest absolute Gasteiger partial charge is 0.506 e. The Morgan fingerprint density at radius 2 is 1.90 bits per heavy atom. The predicted octanol–water partition coefficient (Wildman–Crippen LogP) is 5.24. The highest BCUT2D eigenvalue weighted by Gasteiger charge is 2.22. The number of aromatic hydroxyl groups is 1. The lowest BCUT2D eigenvalue weighted by Crippen LogP contribution is -2.36. The maximum atomic E-state index is 10.1. The van der Waals surface area contributed by atoms with Crippen molar-refractivity contribution in [2.24, 2.45) is 0 Å². The SMILES string of the molecule is CCCN(Cc1cc(Cl)cc(Cl)c1O)C1CCCCC1. The Labute approximate surface area is 131 Å². The van der Waals surface area contributed by atoms with Crippen LogP contribution in [0, 0.1) is 0 Å². The van der Waals surface area contributed by atoms with Crippen LogP contribution < -0.4 is 0 Å².